The summed E-state index contributed by atoms with van der Waals surface area (Å²) in [4.78, 5) is 15.1. The Labute approximate surface area is 159 Å². The number of aliphatic imine (C=N–C) groups is 1. The SMILES string of the molecule is CN=C(NCCNc1cnccn1)N1CC2C3CCC(O3)C2C1.I. The van der Waals surface area contributed by atoms with Crippen molar-refractivity contribution in [3.63, 3.8) is 0 Å². The minimum Gasteiger partial charge on any atom is -0.374 e. The Bertz CT molecular complexity index is 553. The van der Waals surface area contributed by atoms with Gasteiger partial charge in [-0.25, -0.2) is 4.98 Å². The molecule has 3 fully saturated rings. The molecule has 0 aromatic carbocycles. The Morgan fingerprint density at radius 3 is 2.62 bits per heavy atom. The zero-order valence-electron chi connectivity index (χ0n) is 13.9. The standard InChI is InChI=1S/C16H24N6O.HI/c1-17-16(21-7-6-20-15-8-18-4-5-19-15)22-9-11-12(10-22)14-3-2-13(11)23-14;/h4-5,8,11-14H,2-3,6-7,9-10H2,1H3,(H,17,21)(H,19,20);1H. The van der Waals surface area contributed by atoms with Gasteiger partial charge in [0.2, 0.25) is 0 Å². The van der Waals surface area contributed by atoms with E-state index >= 15 is 0 Å². The molecule has 1 aromatic rings. The van der Waals surface area contributed by atoms with Crippen LogP contribution in [0.15, 0.2) is 23.6 Å². The quantitative estimate of drug-likeness (QED) is 0.315. The van der Waals surface area contributed by atoms with Crippen LogP contribution in [0.3, 0.4) is 0 Å². The number of halogens is 1. The van der Waals surface area contributed by atoms with Crippen molar-refractivity contribution in [2.75, 3.05) is 38.5 Å². The van der Waals surface area contributed by atoms with Gasteiger partial charge in [0.15, 0.2) is 5.96 Å². The number of rotatable bonds is 4. The number of nitrogens with zero attached hydrogens (tertiary/aromatic N) is 4. The molecular weight excluding hydrogens is 419 g/mol. The van der Waals surface area contributed by atoms with Gasteiger partial charge in [0.05, 0.1) is 18.4 Å². The van der Waals surface area contributed by atoms with Gasteiger partial charge in [-0.2, -0.15) is 0 Å². The fraction of sp³-hybridized carbons (Fsp3) is 0.688. The summed E-state index contributed by atoms with van der Waals surface area (Å²) in [7, 11) is 1.86. The number of fused-ring (bicyclic) bond motifs is 5. The van der Waals surface area contributed by atoms with Crippen molar-refractivity contribution in [2.45, 2.75) is 25.0 Å². The summed E-state index contributed by atoms with van der Waals surface area (Å²) in [6, 6.07) is 0. The molecular formula is C16H25IN6O. The molecule has 4 heterocycles. The normalized spacial score (nSPS) is 30.9. The second kappa shape index (κ2) is 7.81. The summed E-state index contributed by atoms with van der Waals surface area (Å²) in [5.74, 6) is 3.20. The maximum absolute atomic E-state index is 6.04. The number of hydrogen-bond acceptors (Lipinski definition) is 5. The predicted molar refractivity (Wildman–Crippen MR) is 104 cm³/mol. The topological polar surface area (TPSA) is 74.7 Å². The van der Waals surface area contributed by atoms with Crippen molar-refractivity contribution in [2.24, 2.45) is 16.8 Å². The van der Waals surface area contributed by atoms with Crippen molar-refractivity contribution in [1.82, 2.24) is 20.2 Å². The number of hydrogen-bond donors (Lipinski definition) is 2. The molecule has 2 N–H and O–H groups in total. The average Bonchev–Trinajstić information content (AvgIpc) is 3.29. The van der Waals surface area contributed by atoms with Crippen LogP contribution in [-0.2, 0) is 4.74 Å². The highest BCUT2D eigenvalue weighted by Crippen LogP contribution is 2.47. The minimum absolute atomic E-state index is 0. The smallest absolute Gasteiger partial charge is 0.193 e. The molecule has 4 unspecified atom stereocenters. The van der Waals surface area contributed by atoms with Crippen molar-refractivity contribution in [3.05, 3.63) is 18.6 Å². The zero-order valence-corrected chi connectivity index (χ0v) is 16.2. The van der Waals surface area contributed by atoms with Crippen molar-refractivity contribution < 1.29 is 4.74 Å². The summed E-state index contributed by atoms with van der Waals surface area (Å²) < 4.78 is 6.04. The monoisotopic (exact) mass is 444 g/mol. The summed E-state index contributed by atoms with van der Waals surface area (Å²) >= 11 is 0. The molecule has 0 saturated carbocycles. The van der Waals surface area contributed by atoms with E-state index in [-0.39, 0.29) is 24.0 Å². The van der Waals surface area contributed by atoms with Gasteiger partial charge in [-0.15, -0.1) is 24.0 Å². The van der Waals surface area contributed by atoms with Crippen LogP contribution in [0.5, 0.6) is 0 Å². The van der Waals surface area contributed by atoms with Crippen LogP contribution in [0, 0.1) is 11.8 Å². The number of guanidine groups is 1. The molecule has 3 aliphatic rings. The molecule has 7 nitrogen and oxygen atoms in total. The van der Waals surface area contributed by atoms with Gasteiger partial charge in [0.25, 0.3) is 0 Å². The van der Waals surface area contributed by atoms with Crippen LogP contribution < -0.4 is 10.6 Å². The second-order valence-electron chi connectivity index (χ2n) is 6.51. The Kier molecular flexibility index (Phi) is 5.75. The Morgan fingerprint density at radius 1 is 1.25 bits per heavy atom. The molecule has 4 atom stereocenters. The molecule has 0 radical (unpaired) electrons. The maximum atomic E-state index is 6.04. The van der Waals surface area contributed by atoms with E-state index in [4.69, 9.17) is 4.74 Å². The van der Waals surface area contributed by atoms with E-state index < -0.39 is 0 Å². The lowest BCUT2D eigenvalue weighted by molar-refractivity contribution is 0.0767. The predicted octanol–water partition coefficient (Wildman–Crippen LogP) is 1.19. The summed E-state index contributed by atoms with van der Waals surface area (Å²) in [6.45, 7) is 3.73. The Morgan fingerprint density at radius 2 is 2.00 bits per heavy atom. The highest BCUT2D eigenvalue weighted by Gasteiger charge is 2.53. The molecule has 3 saturated heterocycles. The molecule has 0 amide bonds. The molecule has 3 aliphatic heterocycles. The highest BCUT2D eigenvalue weighted by molar-refractivity contribution is 14.0. The molecule has 8 heteroatoms. The fourth-order valence-corrected chi connectivity index (χ4v) is 4.22. The molecule has 0 spiro atoms. The third-order valence-corrected chi connectivity index (χ3v) is 5.24. The van der Waals surface area contributed by atoms with E-state index in [0.717, 1.165) is 38.0 Å². The molecule has 4 rings (SSSR count). The summed E-state index contributed by atoms with van der Waals surface area (Å²) in [5, 5.41) is 6.69. The van der Waals surface area contributed by atoms with Crippen molar-refractivity contribution in [3.8, 4) is 0 Å². The van der Waals surface area contributed by atoms with E-state index in [1.54, 1.807) is 18.6 Å². The van der Waals surface area contributed by atoms with Crippen LogP contribution in [-0.4, -0.2) is 66.3 Å². The van der Waals surface area contributed by atoms with E-state index in [9.17, 15) is 0 Å². The molecule has 0 aliphatic carbocycles. The minimum atomic E-state index is 0. The van der Waals surface area contributed by atoms with Crippen molar-refractivity contribution in [1.29, 1.82) is 0 Å². The Hall–Kier alpha value is -1.16. The van der Waals surface area contributed by atoms with Gasteiger partial charge < -0.3 is 20.3 Å². The third kappa shape index (κ3) is 3.44. The first-order chi connectivity index (χ1) is 11.3. The van der Waals surface area contributed by atoms with Gasteiger partial charge in [-0.1, -0.05) is 0 Å². The molecule has 24 heavy (non-hydrogen) atoms. The van der Waals surface area contributed by atoms with Gasteiger partial charge >= 0.3 is 0 Å². The van der Waals surface area contributed by atoms with Gasteiger partial charge in [-0.05, 0) is 12.8 Å². The van der Waals surface area contributed by atoms with E-state index in [2.05, 4.69) is 30.5 Å². The average molecular weight is 444 g/mol. The van der Waals surface area contributed by atoms with Crippen LogP contribution in [0.25, 0.3) is 0 Å². The number of ether oxygens (including phenoxy) is 1. The van der Waals surface area contributed by atoms with Gasteiger partial charge in [0, 0.05) is 57.5 Å². The van der Waals surface area contributed by atoms with Crippen molar-refractivity contribution >= 4 is 35.8 Å². The van der Waals surface area contributed by atoms with Gasteiger partial charge in [-0.3, -0.25) is 9.98 Å². The van der Waals surface area contributed by atoms with Gasteiger partial charge in [0.1, 0.15) is 5.82 Å². The molecule has 1 aromatic heterocycles. The first-order valence-corrected chi connectivity index (χ1v) is 8.46. The van der Waals surface area contributed by atoms with E-state index in [1.165, 1.54) is 12.8 Å². The van der Waals surface area contributed by atoms with Crippen LogP contribution in [0.2, 0.25) is 0 Å². The van der Waals surface area contributed by atoms with Crippen LogP contribution in [0.1, 0.15) is 12.8 Å². The first kappa shape index (κ1) is 17.7. The van der Waals surface area contributed by atoms with Crippen LogP contribution in [0.4, 0.5) is 5.82 Å². The van der Waals surface area contributed by atoms with E-state index in [1.807, 2.05) is 7.05 Å². The largest absolute Gasteiger partial charge is 0.374 e. The summed E-state index contributed by atoms with van der Waals surface area (Å²) in [5.41, 5.74) is 0. The number of likely N-dealkylation sites (tertiary alicyclic amines) is 1. The third-order valence-electron chi connectivity index (χ3n) is 5.24. The first-order valence-electron chi connectivity index (χ1n) is 8.46. The second-order valence-corrected chi connectivity index (χ2v) is 6.51. The highest BCUT2D eigenvalue weighted by atomic mass is 127. The van der Waals surface area contributed by atoms with Crippen LogP contribution >= 0.6 is 24.0 Å². The molecule has 2 bridgehead atoms. The summed E-state index contributed by atoms with van der Waals surface area (Å²) in [6.07, 6.45) is 8.56. The zero-order chi connectivity index (χ0) is 15.6. The number of aromatic nitrogens is 2. The number of anilines is 1. The maximum Gasteiger partial charge on any atom is 0.193 e. The number of nitrogens with one attached hydrogen (secondary N) is 2. The Balaban J connectivity index is 0.00000169. The molecule has 132 valence electrons. The lowest BCUT2D eigenvalue weighted by Gasteiger charge is -2.23. The fourth-order valence-electron chi connectivity index (χ4n) is 4.22. The van der Waals surface area contributed by atoms with E-state index in [0.29, 0.717) is 24.0 Å². The lowest BCUT2D eigenvalue weighted by Crippen LogP contribution is -2.42. The lowest BCUT2D eigenvalue weighted by atomic mass is 9.82.